The van der Waals surface area contributed by atoms with Crippen molar-refractivity contribution in [2.24, 2.45) is 5.92 Å². The Balaban J connectivity index is 2.67. The highest BCUT2D eigenvalue weighted by Crippen LogP contribution is 2.20. The number of para-hydroxylation sites is 1. The van der Waals surface area contributed by atoms with Crippen LogP contribution in [0.5, 0.6) is 0 Å². The highest BCUT2D eigenvalue weighted by Gasteiger charge is 2.16. The molecule has 1 rings (SSSR count). The third kappa shape index (κ3) is 5.11. The summed E-state index contributed by atoms with van der Waals surface area (Å²) < 4.78 is 26.6. The van der Waals surface area contributed by atoms with Crippen LogP contribution in [0.1, 0.15) is 26.7 Å². The van der Waals surface area contributed by atoms with Crippen molar-refractivity contribution in [2.45, 2.75) is 31.6 Å². The lowest BCUT2D eigenvalue weighted by molar-refractivity contribution is 0.229. The molecule has 1 aromatic rings. The molecule has 114 valence electrons. The van der Waals surface area contributed by atoms with Gasteiger partial charge in [0.15, 0.2) is 0 Å². The van der Waals surface area contributed by atoms with Crippen LogP contribution in [-0.4, -0.2) is 33.2 Å². The molecule has 0 amide bonds. The number of sulfonamides is 1. The van der Waals surface area contributed by atoms with Gasteiger partial charge in [0, 0.05) is 19.7 Å². The van der Waals surface area contributed by atoms with Gasteiger partial charge in [0.05, 0.1) is 5.69 Å². The number of anilines is 1. The normalized spacial score (nSPS) is 13.2. The van der Waals surface area contributed by atoms with E-state index in [-0.39, 0.29) is 17.4 Å². The zero-order chi connectivity index (χ0) is 15.0. The van der Waals surface area contributed by atoms with Gasteiger partial charge in [-0.3, -0.25) is 0 Å². The first kappa shape index (κ1) is 16.9. The number of benzene rings is 1. The Labute approximate surface area is 121 Å². The zero-order valence-corrected chi connectivity index (χ0v) is 12.9. The van der Waals surface area contributed by atoms with Gasteiger partial charge in [0.2, 0.25) is 10.0 Å². The van der Waals surface area contributed by atoms with Gasteiger partial charge in [-0.1, -0.05) is 26.0 Å². The lowest BCUT2D eigenvalue weighted by Crippen LogP contribution is -2.24. The molecule has 20 heavy (non-hydrogen) atoms. The third-order valence-corrected chi connectivity index (χ3v) is 4.62. The van der Waals surface area contributed by atoms with Crippen LogP contribution >= 0.6 is 0 Å². The summed E-state index contributed by atoms with van der Waals surface area (Å²) in [6.45, 7) is 4.98. The maximum Gasteiger partial charge on any atom is 0.242 e. The summed E-state index contributed by atoms with van der Waals surface area (Å²) in [4.78, 5) is 0.275. The molecular weight excluding hydrogens is 276 g/mol. The van der Waals surface area contributed by atoms with Crippen molar-refractivity contribution in [1.82, 2.24) is 4.72 Å². The number of hydrogen-bond donors (Lipinski definition) is 3. The van der Waals surface area contributed by atoms with E-state index in [1.807, 2.05) is 13.0 Å². The lowest BCUT2D eigenvalue weighted by Gasteiger charge is -2.13. The van der Waals surface area contributed by atoms with Crippen LogP contribution in [0.25, 0.3) is 0 Å². The molecule has 0 bridgehead atoms. The SMILES string of the molecule is CCNS(=O)(=O)c1ccccc1NCCCC(C)CO. The molecule has 0 radical (unpaired) electrons. The molecule has 1 unspecified atom stereocenters. The van der Waals surface area contributed by atoms with Crippen molar-refractivity contribution in [3.05, 3.63) is 24.3 Å². The fraction of sp³-hybridized carbons (Fsp3) is 0.571. The molecule has 6 heteroatoms. The molecule has 0 aromatic heterocycles. The maximum atomic E-state index is 12.1. The van der Waals surface area contributed by atoms with E-state index in [1.165, 1.54) is 0 Å². The Morgan fingerprint density at radius 2 is 2.00 bits per heavy atom. The van der Waals surface area contributed by atoms with Crippen molar-refractivity contribution in [1.29, 1.82) is 0 Å². The van der Waals surface area contributed by atoms with E-state index in [4.69, 9.17) is 5.11 Å². The lowest BCUT2D eigenvalue weighted by atomic mass is 10.1. The molecule has 1 aromatic carbocycles. The van der Waals surface area contributed by atoms with E-state index in [0.717, 1.165) is 12.8 Å². The average molecular weight is 300 g/mol. The van der Waals surface area contributed by atoms with Crippen LogP contribution in [0, 0.1) is 5.92 Å². The molecule has 1 atom stereocenters. The van der Waals surface area contributed by atoms with E-state index < -0.39 is 10.0 Å². The summed E-state index contributed by atoms with van der Waals surface area (Å²) in [7, 11) is -3.45. The predicted octanol–water partition coefficient (Wildman–Crippen LogP) is 1.81. The molecule has 5 nitrogen and oxygen atoms in total. The minimum Gasteiger partial charge on any atom is -0.396 e. The molecule has 0 aliphatic rings. The second kappa shape index (κ2) is 8.24. The summed E-state index contributed by atoms with van der Waals surface area (Å²) in [6.07, 6.45) is 1.79. The van der Waals surface area contributed by atoms with Crippen LogP contribution in [0.3, 0.4) is 0 Å². The summed E-state index contributed by atoms with van der Waals surface area (Å²) in [5.74, 6) is 0.275. The first-order valence-electron chi connectivity index (χ1n) is 6.94. The predicted molar refractivity (Wildman–Crippen MR) is 81.3 cm³/mol. The Hall–Kier alpha value is -1.11. The second-order valence-electron chi connectivity index (χ2n) is 4.85. The second-order valence-corrected chi connectivity index (χ2v) is 6.59. The van der Waals surface area contributed by atoms with Gasteiger partial charge in [-0.2, -0.15) is 0 Å². The van der Waals surface area contributed by atoms with E-state index in [0.29, 0.717) is 18.8 Å². The first-order chi connectivity index (χ1) is 9.51. The van der Waals surface area contributed by atoms with E-state index in [1.54, 1.807) is 25.1 Å². The number of aliphatic hydroxyl groups excluding tert-OH is 1. The Morgan fingerprint density at radius 1 is 1.30 bits per heavy atom. The maximum absolute atomic E-state index is 12.1. The molecular formula is C14H24N2O3S. The molecule has 0 spiro atoms. The molecule has 0 fully saturated rings. The van der Waals surface area contributed by atoms with Gasteiger partial charge in [0.1, 0.15) is 4.90 Å². The first-order valence-corrected chi connectivity index (χ1v) is 8.43. The van der Waals surface area contributed by atoms with Gasteiger partial charge in [-0.15, -0.1) is 0 Å². The van der Waals surface area contributed by atoms with Crippen LogP contribution in [0.15, 0.2) is 29.2 Å². The van der Waals surface area contributed by atoms with Crippen molar-refractivity contribution in [3.8, 4) is 0 Å². The molecule has 0 aliphatic carbocycles. The minimum atomic E-state index is -3.45. The summed E-state index contributed by atoms with van der Waals surface area (Å²) in [5, 5.41) is 12.1. The largest absolute Gasteiger partial charge is 0.396 e. The number of aliphatic hydroxyl groups is 1. The molecule has 0 aliphatic heterocycles. The minimum absolute atomic E-state index is 0.186. The van der Waals surface area contributed by atoms with Gasteiger partial charge in [-0.05, 0) is 30.9 Å². The number of nitrogens with one attached hydrogen (secondary N) is 2. The topological polar surface area (TPSA) is 78.4 Å². The summed E-state index contributed by atoms with van der Waals surface area (Å²) in [6, 6.07) is 6.88. The Kier molecular flexibility index (Phi) is 6.98. The van der Waals surface area contributed by atoms with Gasteiger partial charge >= 0.3 is 0 Å². The number of hydrogen-bond acceptors (Lipinski definition) is 4. The fourth-order valence-electron chi connectivity index (χ4n) is 1.88. The Morgan fingerprint density at radius 3 is 2.65 bits per heavy atom. The Bertz CT molecular complexity index is 503. The van der Waals surface area contributed by atoms with Gasteiger partial charge in [-0.25, -0.2) is 13.1 Å². The van der Waals surface area contributed by atoms with Crippen LogP contribution < -0.4 is 10.0 Å². The molecule has 0 saturated carbocycles. The van der Waals surface area contributed by atoms with Crippen molar-refractivity contribution >= 4 is 15.7 Å². The van der Waals surface area contributed by atoms with Crippen LogP contribution in [0.2, 0.25) is 0 Å². The van der Waals surface area contributed by atoms with E-state index in [2.05, 4.69) is 10.0 Å². The van der Waals surface area contributed by atoms with Crippen molar-refractivity contribution in [3.63, 3.8) is 0 Å². The highest BCUT2D eigenvalue weighted by molar-refractivity contribution is 7.89. The van der Waals surface area contributed by atoms with Crippen molar-refractivity contribution in [2.75, 3.05) is 25.0 Å². The summed E-state index contributed by atoms with van der Waals surface area (Å²) in [5.41, 5.74) is 0.616. The van der Waals surface area contributed by atoms with Crippen molar-refractivity contribution < 1.29 is 13.5 Å². The van der Waals surface area contributed by atoms with E-state index >= 15 is 0 Å². The molecule has 0 heterocycles. The average Bonchev–Trinajstić information content (AvgIpc) is 2.43. The van der Waals surface area contributed by atoms with Crippen LogP contribution in [0.4, 0.5) is 5.69 Å². The standard InChI is InChI=1S/C14H24N2O3S/c1-3-16-20(18,19)14-9-5-4-8-13(14)15-10-6-7-12(2)11-17/h4-5,8-9,12,15-17H,3,6-7,10-11H2,1-2H3. The number of rotatable bonds is 9. The molecule has 0 saturated heterocycles. The quantitative estimate of drug-likeness (QED) is 0.608. The van der Waals surface area contributed by atoms with Crippen LogP contribution in [-0.2, 0) is 10.0 Å². The smallest absolute Gasteiger partial charge is 0.242 e. The molecule has 3 N–H and O–H groups in total. The van der Waals surface area contributed by atoms with Gasteiger partial charge in [0.25, 0.3) is 0 Å². The fourth-order valence-corrected chi connectivity index (χ4v) is 3.10. The zero-order valence-electron chi connectivity index (χ0n) is 12.1. The highest BCUT2D eigenvalue weighted by atomic mass is 32.2. The van der Waals surface area contributed by atoms with E-state index in [9.17, 15) is 8.42 Å². The summed E-state index contributed by atoms with van der Waals surface area (Å²) >= 11 is 0. The monoisotopic (exact) mass is 300 g/mol. The van der Waals surface area contributed by atoms with Gasteiger partial charge < -0.3 is 10.4 Å². The third-order valence-electron chi connectivity index (χ3n) is 3.01.